The second-order valence-electron chi connectivity index (χ2n) is 5.16. The summed E-state index contributed by atoms with van der Waals surface area (Å²) in [6.45, 7) is 6.13. The van der Waals surface area contributed by atoms with Crippen molar-refractivity contribution in [3.05, 3.63) is 18.5 Å². The minimum atomic E-state index is 0.461. The largest absolute Gasteiger partial charge is 0.355 e. The Labute approximate surface area is 122 Å². The molecule has 1 aromatic rings. The Morgan fingerprint density at radius 1 is 1.35 bits per heavy atom. The van der Waals surface area contributed by atoms with E-state index in [1.54, 1.807) is 6.20 Å². The summed E-state index contributed by atoms with van der Waals surface area (Å²) in [6, 6.07) is 2.40. The molecule has 5 heteroatoms. The van der Waals surface area contributed by atoms with Crippen LogP contribution in [-0.4, -0.2) is 35.4 Å². The van der Waals surface area contributed by atoms with Crippen molar-refractivity contribution in [2.24, 2.45) is 4.99 Å². The molecular formula is C15H29N5. The van der Waals surface area contributed by atoms with E-state index in [-0.39, 0.29) is 0 Å². The van der Waals surface area contributed by atoms with Crippen molar-refractivity contribution in [2.45, 2.75) is 58.5 Å². The molecule has 0 fully saturated rings. The van der Waals surface area contributed by atoms with Crippen molar-refractivity contribution in [1.29, 1.82) is 0 Å². The number of nitrogens with one attached hydrogen (secondary N) is 2. The normalized spacial score (nSPS) is 13.2. The Balaban J connectivity index is 2.15. The first-order valence-corrected chi connectivity index (χ1v) is 7.71. The van der Waals surface area contributed by atoms with Gasteiger partial charge in [0, 0.05) is 32.0 Å². The lowest BCUT2D eigenvalue weighted by Crippen LogP contribution is -2.43. The highest BCUT2D eigenvalue weighted by Gasteiger charge is 2.04. The van der Waals surface area contributed by atoms with Gasteiger partial charge in [0.2, 0.25) is 0 Å². The summed E-state index contributed by atoms with van der Waals surface area (Å²) in [5.74, 6) is 0.875. The average molecular weight is 279 g/mol. The van der Waals surface area contributed by atoms with E-state index in [1.807, 2.05) is 24.0 Å². The molecule has 1 atom stereocenters. The van der Waals surface area contributed by atoms with E-state index in [1.165, 1.54) is 32.1 Å². The van der Waals surface area contributed by atoms with Gasteiger partial charge in [-0.2, -0.15) is 5.10 Å². The SMILES string of the molecule is CCCCCCC(C)NC(=NC)NCCn1cccn1. The second-order valence-corrected chi connectivity index (χ2v) is 5.16. The van der Waals surface area contributed by atoms with Gasteiger partial charge in [0.15, 0.2) is 5.96 Å². The van der Waals surface area contributed by atoms with Gasteiger partial charge in [0.05, 0.1) is 6.54 Å². The van der Waals surface area contributed by atoms with Crippen LogP contribution in [0.25, 0.3) is 0 Å². The van der Waals surface area contributed by atoms with Crippen LogP contribution in [0.15, 0.2) is 23.5 Å². The molecule has 1 aromatic heterocycles. The molecule has 0 aliphatic carbocycles. The number of rotatable bonds is 9. The monoisotopic (exact) mass is 279 g/mol. The molecule has 0 saturated heterocycles. The quantitative estimate of drug-likeness (QED) is 0.415. The first-order valence-electron chi connectivity index (χ1n) is 7.71. The van der Waals surface area contributed by atoms with Gasteiger partial charge in [-0.15, -0.1) is 0 Å². The maximum atomic E-state index is 4.26. The van der Waals surface area contributed by atoms with Crippen LogP contribution < -0.4 is 10.6 Å². The van der Waals surface area contributed by atoms with Crippen molar-refractivity contribution in [2.75, 3.05) is 13.6 Å². The molecule has 0 saturated carbocycles. The van der Waals surface area contributed by atoms with Crippen molar-refractivity contribution in [1.82, 2.24) is 20.4 Å². The maximum absolute atomic E-state index is 4.26. The van der Waals surface area contributed by atoms with E-state index in [9.17, 15) is 0 Å². The van der Waals surface area contributed by atoms with Gasteiger partial charge in [0.25, 0.3) is 0 Å². The minimum absolute atomic E-state index is 0.461. The minimum Gasteiger partial charge on any atom is -0.355 e. The number of aliphatic imine (C=N–C) groups is 1. The van der Waals surface area contributed by atoms with E-state index in [0.29, 0.717) is 6.04 Å². The molecule has 5 nitrogen and oxygen atoms in total. The summed E-state index contributed by atoms with van der Waals surface area (Å²) in [5.41, 5.74) is 0. The van der Waals surface area contributed by atoms with E-state index in [2.05, 4.69) is 34.6 Å². The lowest BCUT2D eigenvalue weighted by atomic mass is 10.1. The summed E-state index contributed by atoms with van der Waals surface area (Å²) in [6.07, 6.45) is 10.2. The lowest BCUT2D eigenvalue weighted by molar-refractivity contribution is 0.532. The van der Waals surface area contributed by atoms with Gasteiger partial charge in [-0.3, -0.25) is 9.67 Å². The van der Waals surface area contributed by atoms with Crippen LogP contribution in [0.5, 0.6) is 0 Å². The molecule has 2 N–H and O–H groups in total. The fourth-order valence-corrected chi connectivity index (χ4v) is 2.10. The molecule has 0 spiro atoms. The van der Waals surface area contributed by atoms with Crippen LogP contribution in [0.4, 0.5) is 0 Å². The third-order valence-corrected chi connectivity index (χ3v) is 3.29. The Hall–Kier alpha value is -1.52. The summed E-state index contributed by atoms with van der Waals surface area (Å²) in [4.78, 5) is 4.26. The van der Waals surface area contributed by atoms with Crippen LogP contribution in [0, 0.1) is 0 Å². The smallest absolute Gasteiger partial charge is 0.191 e. The highest BCUT2D eigenvalue weighted by molar-refractivity contribution is 5.79. The van der Waals surface area contributed by atoms with Crippen molar-refractivity contribution >= 4 is 5.96 Å². The molecule has 0 amide bonds. The lowest BCUT2D eigenvalue weighted by Gasteiger charge is -2.17. The Bertz CT molecular complexity index is 358. The number of unbranched alkanes of at least 4 members (excludes halogenated alkanes) is 3. The molecule has 20 heavy (non-hydrogen) atoms. The topological polar surface area (TPSA) is 54.2 Å². The number of hydrogen-bond acceptors (Lipinski definition) is 2. The van der Waals surface area contributed by atoms with E-state index in [4.69, 9.17) is 0 Å². The number of aromatic nitrogens is 2. The fourth-order valence-electron chi connectivity index (χ4n) is 2.10. The van der Waals surface area contributed by atoms with E-state index in [0.717, 1.165) is 19.0 Å². The summed E-state index contributed by atoms with van der Waals surface area (Å²) in [5, 5.41) is 10.9. The molecular weight excluding hydrogens is 250 g/mol. The maximum Gasteiger partial charge on any atom is 0.191 e. The number of nitrogens with zero attached hydrogens (tertiary/aromatic N) is 3. The van der Waals surface area contributed by atoms with Crippen LogP contribution in [0.3, 0.4) is 0 Å². The summed E-state index contributed by atoms with van der Waals surface area (Å²) < 4.78 is 1.91. The molecule has 114 valence electrons. The van der Waals surface area contributed by atoms with Crippen molar-refractivity contribution in [3.8, 4) is 0 Å². The first-order chi connectivity index (χ1) is 9.76. The third-order valence-electron chi connectivity index (χ3n) is 3.29. The van der Waals surface area contributed by atoms with Crippen LogP contribution >= 0.6 is 0 Å². The van der Waals surface area contributed by atoms with Gasteiger partial charge in [-0.1, -0.05) is 32.6 Å². The molecule has 0 aliphatic rings. The Morgan fingerprint density at radius 3 is 2.85 bits per heavy atom. The predicted molar refractivity (Wildman–Crippen MR) is 84.9 cm³/mol. The zero-order valence-corrected chi connectivity index (χ0v) is 13.1. The van der Waals surface area contributed by atoms with Crippen LogP contribution in [0.1, 0.15) is 46.0 Å². The van der Waals surface area contributed by atoms with E-state index < -0.39 is 0 Å². The highest BCUT2D eigenvalue weighted by Crippen LogP contribution is 2.04. The first kappa shape index (κ1) is 16.5. The molecule has 1 unspecified atom stereocenters. The average Bonchev–Trinajstić information content (AvgIpc) is 2.95. The van der Waals surface area contributed by atoms with Gasteiger partial charge in [-0.05, 0) is 19.4 Å². The van der Waals surface area contributed by atoms with Crippen molar-refractivity contribution < 1.29 is 0 Å². The molecule has 1 rings (SSSR count). The zero-order chi connectivity index (χ0) is 14.6. The fraction of sp³-hybridized carbons (Fsp3) is 0.733. The number of hydrogen-bond donors (Lipinski definition) is 2. The molecule has 0 bridgehead atoms. The third kappa shape index (κ3) is 7.16. The van der Waals surface area contributed by atoms with Crippen LogP contribution in [0.2, 0.25) is 0 Å². The second kappa shape index (κ2) is 10.3. The molecule has 0 aliphatic heterocycles. The Morgan fingerprint density at radius 2 is 2.20 bits per heavy atom. The number of guanidine groups is 1. The van der Waals surface area contributed by atoms with Gasteiger partial charge in [-0.25, -0.2) is 0 Å². The van der Waals surface area contributed by atoms with Crippen LogP contribution in [-0.2, 0) is 6.54 Å². The van der Waals surface area contributed by atoms with Gasteiger partial charge >= 0.3 is 0 Å². The summed E-state index contributed by atoms with van der Waals surface area (Å²) >= 11 is 0. The molecule has 0 aromatic carbocycles. The zero-order valence-electron chi connectivity index (χ0n) is 13.1. The Kier molecular flexibility index (Phi) is 8.51. The van der Waals surface area contributed by atoms with E-state index >= 15 is 0 Å². The molecule has 1 heterocycles. The van der Waals surface area contributed by atoms with Crippen molar-refractivity contribution in [3.63, 3.8) is 0 Å². The predicted octanol–water partition coefficient (Wildman–Crippen LogP) is 2.41. The van der Waals surface area contributed by atoms with Gasteiger partial charge in [0.1, 0.15) is 0 Å². The summed E-state index contributed by atoms with van der Waals surface area (Å²) in [7, 11) is 1.81. The standard InChI is InChI=1S/C15H29N5/c1-4-5-6-7-9-14(2)19-15(16-3)17-11-13-20-12-8-10-18-20/h8,10,12,14H,4-7,9,11,13H2,1-3H3,(H2,16,17,19). The van der Waals surface area contributed by atoms with Gasteiger partial charge < -0.3 is 10.6 Å². The highest BCUT2D eigenvalue weighted by atomic mass is 15.3. The molecule has 0 radical (unpaired) electrons.